The maximum atomic E-state index is 14.3. The summed E-state index contributed by atoms with van der Waals surface area (Å²) in [6.45, 7) is 8.05. The first-order valence-corrected chi connectivity index (χ1v) is 10.7. The van der Waals surface area contributed by atoms with E-state index in [1.165, 1.54) is 37.4 Å². The Bertz CT molecular complexity index is 1350. The highest BCUT2D eigenvalue weighted by atomic mass is 19.1. The number of aliphatic imine (C=N–C) groups is 1. The molecule has 4 rings (SSSR count). The Morgan fingerprint density at radius 3 is 2.66 bits per heavy atom. The molecule has 9 heteroatoms. The summed E-state index contributed by atoms with van der Waals surface area (Å²) < 4.78 is 25.7. The molecule has 1 heterocycles. The van der Waals surface area contributed by atoms with Crippen molar-refractivity contribution < 1.29 is 23.5 Å². The van der Waals surface area contributed by atoms with Crippen molar-refractivity contribution in [2.75, 3.05) is 13.7 Å². The smallest absolute Gasteiger partial charge is 0.261 e. The van der Waals surface area contributed by atoms with Crippen LogP contribution in [0.4, 0.5) is 10.1 Å². The first-order valence-electron chi connectivity index (χ1n) is 10.7. The summed E-state index contributed by atoms with van der Waals surface area (Å²) >= 11 is 0. The summed E-state index contributed by atoms with van der Waals surface area (Å²) in [4.78, 5) is 33.0. The Labute approximate surface area is 201 Å². The van der Waals surface area contributed by atoms with Crippen molar-refractivity contribution in [3.63, 3.8) is 0 Å². The fourth-order valence-corrected chi connectivity index (χ4v) is 3.64. The van der Waals surface area contributed by atoms with Crippen LogP contribution in [0.2, 0.25) is 0 Å². The van der Waals surface area contributed by atoms with Gasteiger partial charge in [0, 0.05) is 17.5 Å². The fourth-order valence-electron chi connectivity index (χ4n) is 3.64. The molecule has 0 aliphatic carbocycles. The zero-order chi connectivity index (χ0) is 24.8. The molecule has 2 N–H and O–H groups in total. The number of nitrogens with zero attached hydrogens (tertiary/aromatic N) is 2. The highest BCUT2D eigenvalue weighted by Gasteiger charge is 2.26. The van der Waals surface area contributed by atoms with E-state index < -0.39 is 11.7 Å². The second-order valence-electron chi connectivity index (χ2n) is 7.55. The Morgan fingerprint density at radius 1 is 1.17 bits per heavy atom. The van der Waals surface area contributed by atoms with E-state index in [-0.39, 0.29) is 65.3 Å². The van der Waals surface area contributed by atoms with Gasteiger partial charge in [-0.25, -0.2) is 9.24 Å². The zero-order valence-corrected chi connectivity index (χ0v) is 18.8. The molecule has 35 heavy (non-hydrogen) atoms. The monoisotopic (exact) mass is 472 g/mol. The number of halogens is 1. The molecule has 3 aromatic carbocycles. The van der Waals surface area contributed by atoms with Crippen molar-refractivity contribution in [1.82, 2.24) is 10.6 Å². The number of carbonyl (C=O) groups is 2. The zero-order valence-electron chi connectivity index (χ0n) is 18.8. The molecule has 0 unspecified atom stereocenters. The van der Waals surface area contributed by atoms with Gasteiger partial charge in [0.05, 0.1) is 25.8 Å². The third-order valence-electron chi connectivity index (χ3n) is 5.26. The first kappa shape index (κ1) is 23.4. The van der Waals surface area contributed by atoms with Crippen molar-refractivity contribution in [3.05, 3.63) is 89.0 Å². The Kier molecular flexibility index (Phi) is 7.02. The normalized spacial score (nSPS) is 12.7. The molecular weight excluding hydrogens is 451 g/mol. The molecule has 0 fully saturated rings. The van der Waals surface area contributed by atoms with Gasteiger partial charge in [-0.3, -0.25) is 25.2 Å². The molecule has 1 aliphatic heterocycles. The molecule has 8 nitrogen and oxygen atoms in total. The van der Waals surface area contributed by atoms with Gasteiger partial charge in [-0.1, -0.05) is 36.4 Å². The van der Waals surface area contributed by atoms with Crippen LogP contribution in [0, 0.1) is 12.4 Å². The quantitative estimate of drug-likeness (QED) is 0.525. The number of ether oxygens (including phenoxy) is 2. The minimum absolute atomic E-state index is 0.00867. The number of hydrogen-bond acceptors (Lipinski definition) is 5. The molecule has 0 spiro atoms. The van der Waals surface area contributed by atoms with Crippen molar-refractivity contribution in [2.45, 2.75) is 13.0 Å². The topological polar surface area (TPSA) is 93.4 Å². The lowest BCUT2D eigenvalue weighted by Crippen LogP contribution is -2.46. The maximum Gasteiger partial charge on any atom is 0.261 e. The number of carbonyl (C=O) groups excluding carboxylic acids is 2. The first-order chi connectivity index (χ1) is 17.0. The van der Waals surface area contributed by atoms with Crippen LogP contribution in [0.3, 0.4) is 0 Å². The predicted molar refractivity (Wildman–Crippen MR) is 128 cm³/mol. The minimum Gasteiger partial charge on any atom is -0.496 e. The number of amides is 2. The summed E-state index contributed by atoms with van der Waals surface area (Å²) in [7, 11) is 1.41. The van der Waals surface area contributed by atoms with Crippen molar-refractivity contribution in [2.24, 2.45) is 4.99 Å². The van der Waals surface area contributed by atoms with E-state index in [1.54, 1.807) is 0 Å². The van der Waals surface area contributed by atoms with E-state index in [2.05, 4.69) is 20.5 Å². The lowest BCUT2D eigenvalue weighted by Gasteiger charge is -2.20. The predicted octanol–water partition coefficient (Wildman–Crippen LogP) is 4.24. The van der Waals surface area contributed by atoms with Crippen LogP contribution in [0.15, 0.2) is 65.7 Å². The average molecular weight is 472 g/mol. The van der Waals surface area contributed by atoms with Crippen LogP contribution in [-0.4, -0.2) is 31.4 Å². The Morgan fingerprint density at radius 2 is 1.94 bits per heavy atom. The molecule has 0 radical (unpaired) electrons. The van der Waals surface area contributed by atoms with Crippen molar-refractivity contribution >= 4 is 23.5 Å². The van der Waals surface area contributed by atoms with Crippen LogP contribution in [0.1, 0.15) is 22.3 Å². The van der Waals surface area contributed by atoms with Crippen LogP contribution >= 0.6 is 0 Å². The molecule has 176 valence electrons. The summed E-state index contributed by atoms with van der Waals surface area (Å²) in [6.07, 6.45) is 0.212. The second kappa shape index (κ2) is 10.5. The van der Waals surface area contributed by atoms with Gasteiger partial charge in [-0.2, -0.15) is 0 Å². The number of methoxy groups -OCH3 is 1. The van der Waals surface area contributed by atoms with Gasteiger partial charge in [0.25, 0.3) is 5.91 Å². The molecule has 2 amide bonds. The standard InChI is InChI=1S/C26H21FN4O4/c1-28-19-9-11-21(35-15-16-6-4-3-5-7-16)24(25(33)31-26-29-13-12-22(32)30-26)23(19)18-14-17(27)8-10-20(18)34-2/h3-11,14H,12-13,15H2,2H3,(H2,29,30,31,32,33). The van der Waals surface area contributed by atoms with E-state index in [0.29, 0.717) is 0 Å². The third-order valence-corrected chi connectivity index (χ3v) is 5.26. The van der Waals surface area contributed by atoms with E-state index in [0.717, 1.165) is 5.56 Å². The van der Waals surface area contributed by atoms with Gasteiger partial charge in [0.1, 0.15) is 23.9 Å². The van der Waals surface area contributed by atoms with Gasteiger partial charge in [0.2, 0.25) is 11.9 Å². The molecule has 3 aromatic rings. The largest absolute Gasteiger partial charge is 0.496 e. The molecule has 0 saturated heterocycles. The van der Waals surface area contributed by atoms with Gasteiger partial charge < -0.3 is 9.47 Å². The van der Waals surface area contributed by atoms with E-state index >= 15 is 0 Å². The number of guanidine groups is 1. The molecule has 0 aromatic heterocycles. The molecule has 0 atom stereocenters. The number of benzene rings is 3. The average Bonchev–Trinajstić information content (AvgIpc) is 2.87. The van der Waals surface area contributed by atoms with Gasteiger partial charge in [-0.15, -0.1) is 0 Å². The lowest BCUT2D eigenvalue weighted by molar-refractivity contribution is -0.119. The Balaban J connectivity index is 1.85. The minimum atomic E-state index is -0.680. The molecular formula is C26H21FN4O4. The van der Waals surface area contributed by atoms with E-state index in [4.69, 9.17) is 16.0 Å². The van der Waals surface area contributed by atoms with Gasteiger partial charge >= 0.3 is 0 Å². The van der Waals surface area contributed by atoms with Crippen LogP contribution in [0.25, 0.3) is 16.0 Å². The van der Waals surface area contributed by atoms with Crippen LogP contribution in [0.5, 0.6) is 11.5 Å². The second-order valence-corrected chi connectivity index (χ2v) is 7.55. The molecule has 0 saturated carbocycles. The highest BCUT2D eigenvalue weighted by Crippen LogP contribution is 2.43. The van der Waals surface area contributed by atoms with Crippen molar-refractivity contribution in [3.8, 4) is 22.6 Å². The summed E-state index contributed by atoms with van der Waals surface area (Å²) in [5.74, 6) is -1.09. The number of nitrogens with one attached hydrogen (secondary N) is 2. The van der Waals surface area contributed by atoms with Gasteiger partial charge in [-0.05, 0) is 29.8 Å². The lowest BCUT2D eigenvalue weighted by atomic mass is 9.95. The number of hydrogen-bond donors (Lipinski definition) is 2. The molecule has 0 bridgehead atoms. The number of rotatable bonds is 6. The van der Waals surface area contributed by atoms with Gasteiger partial charge in [0.15, 0.2) is 5.69 Å². The highest BCUT2D eigenvalue weighted by molar-refractivity contribution is 6.15. The van der Waals surface area contributed by atoms with Crippen molar-refractivity contribution in [1.29, 1.82) is 0 Å². The third kappa shape index (κ3) is 5.28. The van der Waals surface area contributed by atoms with Crippen LogP contribution in [-0.2, 0) is 11.4 Å². The summed E-state index contributed by atoms with van der Waals surface area (Å²) in [5.41, 5.74) is 1.30. The SMILES string of the molecule is [C-]#[N+]c1ccc(OCc2ccccc2)c(C(=O)NC2=NCCC(=O)N2)c1-c1cc(F)ccc1OC. The van der Waals surface area contributed by atoms with E-state index in [1.807, 2.05) is 30.3 Å². The van der Waals surface area contributed by atoms with Crippen LogP contribution < -0.4 is 20.1 Å². The fraction of sp³-hybridized carbons (Fsp3) is 0.154. The Hall–Kier alpha value is -4.71. The maximum absolute atomic E-state index is 14.3. The summed E-state index contributed by atoms with van der Waals surface area (Å²) in [6, 6.07) is 16.2. The molecule has 1 aliphatic rings. The van der Waals surface area contributed by atoms with E-state index in [9.17, 15) is 14.0 Å². The summed E-state index contributed by atoms with van der Waals surface area (Å²) in [5, 5.41) is 5.09.